The first kappa shape index (κ1) is 21.4. The van der Waals surface area contributed by atoms with E-state index in [0.717, 1.165) is 0 Å². The first-order chi connectivity index (χ1) is 13.8. The summed E-state index contributed by atoms with van der Waals surface area (Å²) >= 11 is 0. The molecule has 0 aromatic heterocycles. The summed E-state index contributed by atoms with van der Waals surface area (Å²) in [7, 11) is 0. The smallest absolute Gasteiger partial charge is 0.308 e. The van der Waals surface area contributed by atoms with Gasteiger partial charge in [0.25, 0.3) is 11.6 Å². The number of anilines is 3. The Hall–Kier alpha value is -3.95. The lowest BCUT2D eigenvalue weighted by molar-refractivity contribution is -0.384. The van der Waals surface area contributed by atoms with Gasteiger partial charge in [-0.1, -0.05) is 12.1 Å². The highest BCUT2D eigenvalue weighted by Crippen LogP contribution is 2.22. The van der Waals surface area contributed by atoms with Crippen LogP contribution in [0, 0.1) is 10.1 Å². The Morgan fingerprint density at radius 3 is 2.24 bits per heavy atom. The minimum Gasteiger partial charge on any atom is -0.456 e. The van der Waals surface area contributed by atoms with Crippen LogP contribution in [0.25, 0.3) is 0 Å². The van der Waals surface area contributed by atoms with Crippen LogP contribution in [0.2, 0.25) is 0 Å². The second kappa shape index (κ2) is 10.4. The lowest BCUT2D eigenvalue weighted by atomic mass is 10.2. The summed E-state index contributed by atoms with van der Waals surface area (Å²) in [4.78, 5) is 45.0. The molecule has 10 heteroatoms. The molecule has 0 heterocycles. The first-order valence-corrected chi connectivity index (χ1v) is 8.65. The highest BCUT2D eigenvalue weighted by atomic mass is 16.6. The SMILES string of the molecule is CC(=O)Nc1ccc(NC(=O)COC(=O)CCNc2ccccc2[N+](=O)[O-])cc1. The number of benzene rings is 2. The van der Waals surface area contributed by atoms with Gasteiger partial charge in [-0.05, 0) is 30.3 Å². The van der Waals surface area contributed by atoms with Crippen LogP contribution in [0.3, 0.4) is 0 Å². The van der Waals surface area contributed by atoms with Crippen molar-refractivity contribution < 1.29 is 24.0 Å². The van der Waals surface area contributed by atoms with Gasteiger partial charge >= 0.3 is 5.97 Å². The van der Waals surface area contributed by atoms with Gasteiger partial charge < -0.3 is 20.7 Å². The van der Waals surface area contributed by atoms with Crippen LogP contribution in [0.4, 0.5) is 22.7 Å². The van der Waals surface area contributed by atoms with Gasteiger partial charge in [-0.25, -0.2) is 0 Å². The van der Waals surface area contributed by atoms with Crippen molar-refractivity contribution in [3.8, 4) is 0 Å². The Bertz CT molecular complexity index is 898. The number of para-hydroxylation sites is 2. The molecule has 2 amide bonds. The summed E-state index contributed by atoms with van der Waals surface area (Å²) in [5.74, 6) is -1.34. The van der Waals surface area contributed by atoms with Gasteiger partial charge in [0.1, 0.15) is 5.69 Å². The largest absolute Gasteiger partial charge is 0.456 e. The quantitative estimate of drug-likeness (QED) is 0.334. The van der Waals surface area contributed by atoms with Crippen molar-refractivity contribution >= 4 is 40.5 Å². The Morgan fingerprint density at radius 2 is 1.62 bits per heavy atom. The molecule has 3 N–H and O–H groups in total. The van der Waals surface area contributed by atoms with E-state index < -0.39 is 23.4 Å². The highest BCUT2D eigenvalue weighted by Gasteiger charge is 2.13. The zero-order valence-electron chi connectivity index (χ0n) is 15.6. The fourth-order valence-electron chi connectivity index (χ4n) is 2.34. The molecule has 0 aliphatic heterocycles. The van der Waals surface area contributed by atoms with Gasteiger partial charge in [-0.2, -0.15) is 0 Å². The maximum atomic E-state index is 11.8. The molecule has 0 aliphatic carbocycles. The molecule has 0 saturated heterocycles. The molecule has 2 aromatic rings. The second-order valence-electron chi connectivity index (χ2n) is 5.92. The topological polar surface area (TPSA) is 140 Å². The van der Waals surface area contributed by atoms with Crippen LogP contribution < -0.4 is 16.0 Å². The number of nitro groups is 1. The van der Waals surface area contributed by atoms with Gasteiger partial charge in [0.15, 0.2) is 6.61 Å². The molecule has 152 valence electrons. The molecule has 0 radical (unpaired) electrons. The molecule has 0 fully saturated rings. The summed E-state index contributed by atoms with van der Waals surface area (Å²) in [6, 6.07) is 12.5. The molecule has 2 aromatic carbocycles. The Balaban J connectivity index is 1.71. The third kappa shape index (κ3) is 7.29. The molecular formula is C19H20N4O6. The van der Waals surface area contributed by atoms with Crippen LogP contribution in [-0.4, -0.2) is 35.9 Å². The average Bonchev–Trinajstić information content (AvgIpc) is 2.68. The number of rotatable bonds is 9. The minimum absolute atomic E-state index is 0.0647. The Morgan fingerprint density at radius 1 is 1.00 bits per heavy atom. The van der Waals surface area contributed by atoms with Gasteiger partial charge in [-0.15, -0.1) is 0 Å². The van der Waals surface area contributed by atoms with E-state index in [1.807, 2.05) is 0 Å². The van der Waals surface area contributed by atoms with Crippen molar-refractivity contribution in [2.24, 2.45) is 0 Å². The first-order valence-electron chi connectivity index (χ1n) is 8.65. The predicted octanol–water partition coefficient (Wildman–Crippen LogP) is 2.54. The number of hydrogen-bond acceptors (Lipinski definition) is 7. The lowest BCUT2D eigenvalue weighted by Gasteiger charge is -2.09. The van der Waals surface area contributed by atoms with Gasteiger partial charge in [0.2, 0.25) is 5.91 Å². The van der Waals surface area contributed by atoms with E-state index in [0.29, 0.717) is 17.1 Å². The van der Waals surface area contributed by atoms with E-state index in [1.54, 1.807) is 36.4 Å². The third-order valence-corrected chi connectivity index (χ3v) is 3.60. The van der Waals surface area contributed by atoms with Crippen molar-refractivity contribution in [2.45, 2.75) is 13.3 Å². The van der Waals surface area contributed by atoms with Crippen LogP contribution >= 0.6 is 0 Å². The molecular weight excluding hydrogens is 380 g/mol. The number of carbonyl (C=O) groups excluding carboxylic acids is 3. The zero-order valence-corrected chi connectivity index (χ0v) is 15.6. The van der Waals surface area contributed by atoms with E-state index >= 15 is 0 Å². The normalized spacial score (nSPS) is 9.97. The van der Waals surface area contributed by atoms with E-state index in [4.69, 9.17) is 4.74 Å². The molecule has 0 unspecified atom stereocenters. The number of carbonyl (C=O) groups is 3. The van der Waals surface area contributed by atoms with Crippen molar-refractivity contribution in [3.05, 3.63) is 58.6 Å². The third-order valence-electron chi connectivity index (χ3n) is 3.60. The molecule has 0 saturated carbocycles. The van der Waals surface area contributed by atoms with Crippen molar-refractivity contribution in [3.63, 3.8) is 0 Å². The monoisotopic (exact) mass is 400 g/mol. The van der Waals surface area contributed by atoms with Crippen molar-refractivity contribution in [1.82, 2.24) is 0 Å². The van der Waals surface area contributed by atoms with E-state index in [-0.39, 0.29) is 24.6 Å². The Kier molecular flexibility index (Phi) is 7.66. The molecule has 10 nitrogen and oxygen atoms in total. The fraction of sp³-hybridized carbons (Fsp3) is 0.211. The lowest BCUT2D eigenvalue weighted by Crippen LogP contribution is -2.22. The molecule has 2 rings (SSSR count). The van der Waals surface area contributed by atoms with Crippen LogP contribution in [0.15, 0.2) is 48.5 Å². The molecule has 0 aliphatic rings. The number of nitrogens with zero attached hydrogens (tertiary/aromatic N) is 1. The highest BCUT2D eigenvalue weighted by molar-refractivity contribution is 5.93. The van der Waals surface area contributed by atoms with Crippen LogP contribution in [-0.2, 0) is 19.1 Å². The summed E-state index contributed by atoms with van der Waals surface area (Å²) in [5.41, 5.74) is 1.28. The number of nitro benzene ring substituents is 1. The zero-order chi connectivity index (χ0) is 21.2. The van der Waals surface area contributed by atoms with Gasteiger partial charge in [0, 0.05) is 30.9 Å². The summed E-state index contributed by atoms with van der Waals surface area (Å²) in [6.45, 7) is 1.05. The maximum Gasteiger partial charge on any atom is 0.308 e. The number of nitrogens with one attached hydrogen (secondary N) is 3. The minimum atomic E-state index is -0.618. The van der Waals surface area contributed by atoms with Crippen LogP contribution in [0.5, 0.6) is 0 Å². The Labute approximate surface area is 166 Å². The maximum absolute atomic E-state index is 11.8. The van der Waals surface area contributed by atoms with E-state index in [9.17, 15) is 24.5 Å². The number of hydrogen-bond donors (Lipinski definition) is 3. The number of amides is 2. The molecule has 29 heavy (non-hydrogen) atoms. The van der Waals surface area contributed by atoms with E-state index in [2.05, 4.69) is 16.0 Å². The summed E-state index contributed by atoms with van der Waals surface area (Å²) in [5, 5.41) is 18.9. The second-order valence-corrected chi connectivity index (χ2v) is 5.92. The predicted molar refractivity (Wildman–Crippen MR) is 107 cm³/mol. The standard InChI is InChI=1S/C19H20N4O6/c1-13(24)21-14-6-8-15(9-7-14)22-18(25)12-29-19(26)10-11-20-16-4-2-3-5-17(16)23(27)28/h2-9,20H,10-12H2,1H3,(H,21,24)(H,22,25). The van der Waals surface area contributed by atoms with Gasteiger partial charge in [-0.3, -0.25) is 24.5 Å². The molecule has 0 atom stereocenters. The average molecular weight is 400 g/mol. The molecule has 0 bridgehead atoms. The summed E-state index contributed by atoms with van der Waals surface area (Å²) in [6.07, 6.45) is -0.0647. The van der Waals surface area contributed by atoms with Crippen molar-refractivity contribution in [1.29, 1.82) is 0 Å². The molecule has 0 spiro atoms. The van der Waals surface area contributed by atoms with Crippen LogP contribution in [0.1, 0.15) is 13.3 Å². The van der Waals surface area contributed by atoms with Gasteiger partial charge in [0.05, 0.1) is 11.3 Å². The van der Waals surface area contributed by atoms with E-state index in [1.165, 1.54) is 19.1 Å². The summed E-state index contributed by atoms with van der Waals surface area (Å²) < 4.78 is 4.89. The number of esters is 1. The van der Waals surface area contributed by atoms with Crippen molar-refractivity contribution in [2.75, 3.05) is 29.1 Å². The fourth-order valence-corrected chi connectivity index (χ4v) is 2.34. The number of ether oxygens (including phenoxy) is 1.